The Hall–Kier alpha value is -1.61. The summed E-state index contributed by atoms with van der Waals surface area (Å²) < 4.78 is 5.94. The van der Waals surface area contributed by atoms with Crippen LogP contribution in [0.5, 0.6) is 0 Å². The van der Waals surface area contributed by atoms with E-state index in [2.05, 4.69) is 39.1 Å². The van der Waals surface area contributed by atoms with Crippen molar-refractivity contribution in [1.29, 1.82) is 0 Å². The average Bonchev–Trinajstić information content (AvgIpc) is 2.41. The van der Waals surface area contributed by atoms with Gasteiger partial charge >= 0.3 is 0 Å². The predicted octanol–water partition coefficient (Wildman–Crippen LogP) is 4.21. The molecule has 92 valence electrons. The molecule has 0 aliphatic carbocycles. The second-order valence-electron chi connectivity index (χ2n) is 3.87. The summed E-state index contributed by atoms with van der Waals surface area (Å²) in [4.78, 5) is 4.47. The van der Waals surface area contributed by atoms with Crippen LogP contribution in [0.25, 0.3) is 11.3 Å². The van der Waals surface area contributed by atoms with E-state index in [4.69, 9.17) is 4.74 Å². The zero-order valence-electron chi connectivity index (χ0n) is 10.1. The Bertz CT molecular complexity index is 517. The maximum absolute atomic E-state index is 4.86. The number of hydrogen-bond acceptors (Lipinski definition) is 2. The zero-order valence-corrected chi connectivity index (χ0v) is 11.7. The average molecular weight is 304 g/mol. The molecule has 0 bridgehead atoms. The Morgan fingerprint density at radius 3 is 2.56 bits per heavy atom. The van der Waals surface area contributed by atoms with E-state index in [0.29, 0.717) is 0 Å². The number of pyridine rings is 1. The van der Waals surface area contributed by atoms with Gasteiger partial charge in [0.05, 0.1) is 19.1 Å². The number of ether oxygens (including phenoxy) is 1. The molecule has 2 aromatic rings. The summed E-state index contributed by atoms with van der Waals surface area (Å²) >= 11 is 3.42. The van der Waals surface area contributed by atoms with Gasteiger partial charge in [0.1, 0.15) is 0 Å². The van der Waals surface area contributed by atoms with Gasteiger partial charge in [-0.1, -0.05) is 34.1 Å². The molecule has 0 amide bonds. The van der Waals surface area contributed by atoms with Crippen LogP contribution < -0.4 is 0 Å². The van der Waals surface area contributed by atoms with Crippen LogP contribution in [0.15, 0.2) is 59.4 Å². The highest BCUT2D eigenvalue weighted by Gasteiger charge is 1.99. The van der Waals surface area contributed by atoms with E-state index in [0.717, 1.165) is 22.2 Å². The first-order valence-corrected chi connectivity index (χ1v) is 6.47. The highest BCUT2D eigenvalue weighted by atomic mass is 79.9. The normalized spacial score (nSPS) is 10.8. The third kappa shape index (κ3) is 3.44. The van der Waals surface area contributed by atoms with Crippen molar-refractivity contribution in [3.63, 3.8) is 0 Å². The number of hydrogen-bond donors (Lipinski definition) is 0. The van der Waals surface area contributed by atoms with Crippen molar-refractivity contribution in [2.45, 2.75) is 6.42 Å². The molecule has 0 atom stereocenters. The van der Waals surface area contributed by atoms with Crippen molar-refractivity contribution in [3.05, 3.63) is 65.0 Å². The summed E-state index contributed by atoms with van der Waals surface area (Å²) in [6, 6.07) is 12.3. The number of aromatic nitrogens is 1. The molecule has 3 heteroatoms. The molecule has 2 nitrogen and oxygen atoms in total. The van der Waals surface area contributed by atoms with Crippen molar-refractivity contribution in [2.75, 3.05) is 7.11 Å². The molecule has 0 N–H and O–H groups in total. The Morgan fingerprint density at radius 1 is 1.17 bits per heavy atom. The van der Waals surface area contributed by atoms with Crippen LogP contribution >= 0.6 is 15.9 Å². The van der Waals surface area contributed by atoms with Gasteiger partial charge in [-0.15, -0.1) is 0 Å². The lowest BCUT2D eigenvalue weighted by atomic mass is 10.1. The molecule has 2 rings (SSSR count). The minimum absolute atomic E-state index is 0.835. The lowest BCUT2D eigenvalue weighted by molar-refractivity contribution is 0.337. The van der Waals surface area contributed by atoms with Crippen LogP contribution in [-0.4, -0.2) is 12.1 Å². The van der Waals surface area contributed by atoms with Crippen LogP contribution in [-0.2, 0) is 11.2 Å². The highest BCUT2D eigenvalue weighted by Crippen LogP contribution is 2.20. The Kier molecular flexibility index (Phi) is 4.53. The lowest BCUT2D eigenvalue weighted by Crippen LogP contribution is -1.87. The van der Waals surface area contributed by atoms with Gasteiger partial charge in [0, 0.05) is 16.2 Å². The summed E-state index contributed by atoms with van der Waals surface area (Å²) in [5, 5.41) is 0. The van der Waals surface area contributed by atoms with Gasteiger partial charge in [0.25, 0.3) is 0 Å². The first-order chi connectivity index (χ1) is 8.79. The van der Waals surface area contributed by atoms with Gasteiger partial charge in [-0.3, -0.25) is 4.98 Å². The number of benzene rings is 1. The molecule has 0 aliphatic heterocycles. The number of nitrogens with zero attached hydrogens (tertiary/aromatic N) is 1. The van der Waals surface area contributed by atoms with Gasteiger partial charge in [0.15, 0.2) is 0 Å². The van der Waals surface area contributed by atoms with Gasteiger partial charge < -0.3 is 4.74 Å². The van der Waals surface area contributed by atoms with Crippen molar-refractivity contribution in [1.82, 2.24) is 4.98 Å². The molecule has 0 unspecified atom stereocenters. The fourth-order valence-electron chi connectivity index (χ4n) is 1.62. The second-order valence-corrected chi connectivity index (χ2v) is 4.79. The van der Waals surface area contributed by atoms with E-state index in [1.807, 2.05) is 30.5 Å². The number of allylic oxidation sites excluding steroid dienone is 1. The molecule has 0 saturated heterocycles. The summed E-state index contributed by atoms with van der Waals surface area (Å²) in [5.74, 6) is 0. The molecule has 1 aromatic carbocycles. The molecule has 1 aromatic heterocycles. The molecule has 0 fully saturated rings. The SMILES string of the molecule is CO/C=C/Cc1ccc(-c2ccc(Br)cc2)nc1. The van der Waals surface area contributed by atoms with Crippen molar-refractivity contribution in [3.8, 4) is 11.3 Å². The topological polar surface area (TPSA) is 22.1 Å². The third-order valence-electron chi connectivity index (χ3n) is 2.55. The van der Waals surface area contributed by atoms with E-state index < -0.39 is 0 Å². The quantitative estimate of drug-likeness (QED) is 0.789. The van der Waals surface area contributed by atoms with Crippen LogP contribution in [0.3, 0.4) is 0 Å². The number of methoxy groups -OCH3 is 1. The fourth-order valence-corrected chi connectivity index (χ4v) is 1.88. The van der Waals surface area contributed by atoms with E-state index in [1.54, 1.807) is 13.4 Å². The molecule has 0 spiro atoms. The minimum Gasteiger partial charge on any atom is -0.505 e. The van der Waals surface area contributed by atoms with Gasteiger partial charge in [-0.25, -0.2) is 0 Å². The first kappa shape index (κ1) is 12.8. The number of halogens is 1. The van der Waals surface area contributed by atoms with E-state index in [-0.39, 0.29) is 0 Å². The minimum atomic E-state index is 0.835. The highest BCUT2D eigenvalue weighted by molar-refractivity contribution is 9.10. The number of rotatable bonds is 4. The molecular formula is C15H14BrNO. The van der Waals surface area contributed by atoms with Crippen LogP contribution in [0.2, 0.25) is 0 Å². The van der Waals surface area contributed by atoms with E-state index >= 15 is 0 Å². The largest absolute Gasteiger partial charge is 0.505 e. The Balaban J connectivity index is 2.12. The van der Waals surface area contributed by atoms with E-state index in [1.165, 1.54) is 5.56 Å². The maximum atomic E-state index is 4.86. The molecule has 0 saturated carbocycles. The fraction of sp³-hybridized carbons (Fsp3) is 0.133. The summed E-state index contributed by atoms with van der Waals surface area (Å²) in [6.45, 7) is 0. The van der Waals surface area contributed by atoms with Crippen molar-refractivity contribution >= 4 is 15.9 Å². The second kappa shape index (κ2) is 6.36. The first-order valence-electron chi connectivity index (χ1n) is 5.68. The summed E-state index contributed by atoms with van der Waals surface area (Å²) in [6.07, 6.45) is 6.39. The van der Waals surface area contributed by atoms with Crippen LogP contribution in [0, 0.1) is 0 Å². The molecule has 0 aliphatic rings. The summed E-state index contributed by atoms with van der Waals surface area (Å²) in [5.41, 5.74) is 3.28. The molecule has 18 heavy (non-hydrogen) atoms. The molecule has 1 heterocycles. The Morgan fingerprint density at radius 2 is 1.94 bits per heavy atom. The van der Waals surface area contributed by atoms with Gasteiger partial charge in [-0.05, 0) is 36.3 Å². The van der Waals surface area contributed by atoms with Gasteiger partial charge in [0.2, 0.25) is 0 Å². The van der Waals surface area contributed by atoms with Crippen molar-refractivity contribution in [2.24, 2.45) is 0 Å². The van der Waals surface area contributed by atoms with Crippen LogP contribution in [0.4, 0.5) is 0 Å². The van der Waals surface area contributed by atoms with Crippen LogP contribution in [0.1, 0.15) is 5.56 Å². The molecule has 0 radical (unpaired) electrons. The third-order valence-corrected chi connectivity index (χ3v) is 3.08. The van der Waals surface area contributed by atoms with E-state index in [9.17, 15) is 0 Å². The lowest BCUT2D eigenvalue weighted by Gasteiger charge is -2.02. The maximum Gasteiger partial charge on any atom is 0.0788 e. The van der Waals surface area contributed by atoms with Crippen molar-refractivity contribution < 1.29 is 4.74 Å². The zero-order chi connectivity index (χ0) is 12.8. The smallest absolute Gasteiger partial charge is 0.0788 e. The standard InChI is InChI=1S/C15H14BrNO/c1-18-10-2-3-12-4-9-15(17-11-12)13-5-7-14(16)8-6-13/h2,4-11H,3H2,1H3/b10-2+. The summed E-state index contributed by atoms with van der Waals surface area (Å²) in [7, 11) is 1.64. The molecular weight excluding hydrogens is 290 g/mol. The predicted molar refractivity (Wildman–Crippen MR) is 77.2 cm³/mol. The monoisotopic (exact) mass is 303 g/mol. The Labute approximate surface area is 115 Å². The van der Waals surface area contributed by atoms with Gasteiger partial charge in [-0.2, -0.15) is 0 Å².